The Morgan fingerprint density at radius 3 is 2.70 bits per heavy atom. The highest BCUT2D eigenvalue weighted by Crippen LogP contribution is 2.23. The number of nitrogens with one attached hydrogen (secondary N) is 1. The van der Waals surface area contributed by atoms with Gasteiger partial charge < -0.3 is 19.9 Å². The van der Waals surface area contributed by atoms with E-state index in [4.69, 9.17) is 14.6 Å². The van der Waals surface area contributed by atoms with Crippen LogP contribution < -0.4 is 14.8 Å². The summed E-state index contributed by atoms with van der Waals surface area (Å²) in [6.07, 6.45) is 1.19. The monoisotopic (exact) mass is 320 g/mol. The molecule has 0 spiro atoms. The van der Waals surface area contributed by atoms with Crippen LogP contribution in [0.1, 0.15) is 16.1 Å². The first kappa shape index (κ1) is 16.3. The lowest BCUT2D eigenvalue weighted by atomic mass is 10.2. The minimum atomic E-state index is -1.20. The Morgan fingerprint density at radius 1 is 1.30 bits per heavy atom. The van der Waals surface area contributed by atoms with E-state index >= 15 is 0 Å². The summed E-state index contributed by atoms with van der Waals surface area (Å²) in [5.41, 5.74) is 0.539. The van der Waals surface area contributed by atoms with E-state index in [9.17, 15) is 9.59 Å². The van der Waals surface area contributed by atoms with Gasteiger partial charge in [-0.05, 0) is 18.2 Å². The molecule has 0 saturated heterocycles. The first-order chi connectivity index (χ1) is 11.0. The first-order valence-electron chi connectivity index (χ1n) is 6.64. The molecule has 0 radical (unpaired) electrons. The normalized spacial score (nSPS) is 10.2. The average Bonchev–Trinajstić information content (AvgIpc) is 3.01. The zero-order valence-corrected chi connectivity index (χ0v) is 12.6. The van der Waals surface area contributed by atoms with Gasteiger partial charge in [-0.25, -0.2) is 9.48 Å². The van der Waals surface area contributed by atoms with Gasteiger partial charge in [0.05, 0.1) is 20.4 Å². The van der Waals surface area contributed by atoms with Crippen LogP contribution in [-0.4, -0.2) is 46.2 Å². The number of carboxylic acids is 1. The van der Waals surface area contributed by atoms with Gasteiger partial charge in [0.2, 0.25) is 5.91 Å². The molecule has 1 amide bonds. The summed E-state index contributed by atoms with van der Waals surface area (Å²) in [5.74, 6) is -0.257. The second kappa shape index (κ2) is 7.25. The molecule has 0 fully saturated rings. The van der Waals surface area contributed by atoms with Crippen molar-refractivity contribution in [3.8, 4) is 11.5 Å². The molecule has 0 unspecified atom stereocenters. The molecule has 1 aromatic carbocycles. The zero-order valence-electron chi connectivity index (χ0n) is 12.6. The topological polar surface area (TPSA) is 116 Å². The van der Waals surface area contributed by atoms with Crippen molar-refractivity contribution in [1.82, 2.24) is 20.3 Å². The lowest BCUT2D eigenvalue weighted by Crippen LogP contribution is -2.27. The first-order valence-corrected chi connectivity index (χ1v) is 6.64. The molecule has 0 aliphatic rings. The van der Waals surface area contributed by atoms with Crippen LogP contribution in [0.25, 0.3) is 0 Å². The number of nitrogens with zero attached hydrogens (tertiary/aromatic N) is 3. The van der Waals surface area contributed by atoms with Crippen molar-refractivity contribution in [2.45, 2.75) is 13.1 Å². The Bertz CT molecular complexity index is 713. The number of carboxylic acid groups (broad SMARTS) is 1. The highest BCUT2D eigenvalue weighted by molar-refractivity contribution is 5.84. The van der Waals surface area contributed by atoms with Gasteiger partial charge in [0.15, 0.2) is 5.69 Å². The Hall–Kier alpha value is -3.10. The molecule has 0 aliphatic carbocycles. The fourth-order valence-electron chi connectivity index (χ4n) is 1.89. The molecule has 1 aromatic heterocycles. The van der Waals surface area contributed by atoms with Crippen LogP contribution in [0, 0.1) is 0 Å². The minimum absolute atomic E-state index is 0.132. The van der Waals surface area contributed by atoms with Gasteiger partial charge in [0.25, 0.3) is 0 Å². The fraction of sp³-hybridized carbons (Fsp3) is 0.286. The predicted molar refractivity (Wildman–Crippen MR) is 78.4 cm³/mol. The molecule has 9 heteroatoms. The van der Waals surface area contributed by atoms with Gasteiger partial charge in [0.1, 0.15) is 18.0 Å². The Balaban J connectivity index is 1.97. The van der Waals surface area contributed by atoms with Gasteiger partial charge in [-0.2, -0.15) is 0 Å². The molecule has 2 aromatic rings. The quantitative estimate of drug-likeness (QED) is 0.754. The Labute approximate surface area is 131 Å². The van der Waals surface area contributed by atoms with E-state index in [-0.39, 0.29) is 24.7 Å². The lowest BCUT2D eigenvalue weighted by Gasteiger charge is -2.11. The van der Waals surface area contributed by atoms with Crippen LogP contribution in [0.2, 0.25) is 0 Å². The maximum absolute atomic E-state index is 11.9. The van der Waals surface area contributed by atoms with Crippen molar-refractivity contribution in [3.63, 3.8) is 0 Å². The van der Waals surface area contributed by atoms with Gasteiger partial charge in [0, 0.05) is 12.1 Å². The van der Waals surface area contributed by atoms with Crippen LogP contribution in [0.4, 0.5) is 0 Å². The number of aromatic nitrogens is 3. The average molecular weight is 320 g/mol. The van der Waals surface area contributed by atoms with Crippen LogP contribution >= 0.6 is 0 Å². The van der Waals surface area contributed by atoms with Crippen molar-refractivity contribution in [3.05, 3.63) is 35.7 Å². The standard InChI is InChI=1S/C14H16N4O5/c1-22-10-3-4-12(23-2)9(5-10)6-15-13(19)8-18-7-11(14(20)21)16-17-18/h3-5,7H,6,8H2,1-2H3,(H,15,19)(H,20,21). The number of rotatable bonds is 7. The summed E-state index contributed by atoms with van der Waals surface area (Å²) >= 11 is 0. The van der Waals surface area contributed by atoms with Crippen LogP contribution in [-0.2, 0) is 17.9 Å². The third kappa shape index (κ3) is 4.19. The molecule has 0 saturated carbocycles. The minimum Gasteiger partial charge on any atom is -0.497 e. The summed E-state index contributed by atoms with van der Waals surface area (Å²) in [4.78, 5) is 22.6. The maximum Gasteiger partial charge on any atom is 0.358 e. The van der Waals surface area contributed by atoms with E-state index in [1.54, 1.807) is 25.3 Å². The zero-order chi connectivity index (χ0) is 16.8. The number of ether oxygens (including phenoxy) is 2. The van der Waals surface area contributed by atoms with Crippen molar-refractivity contribution >= 4 is 11.9 Å². The lowest BCUT2D eigenvalue weighted by molar-refractivity contribution is -0.122. The molecule has 0 atom stereocenters. The second-order valence-corrected chi connectivity index (χ2v) is 4.56. The summed E-state index contributed by atoms with van der Waals surface area (Å²) in [7, 11) is 3.09. The summed E-state index contributed by atoms with van der Waals surface area (Å²) in [5, 5.41) is 18.5. The van der Waals surface area contributed by atoms with E-state index in [1.807, 2.05) is 0 Å². The second-order valence-electron chi connectivity index (χ2n) is 4.56. The predicted octanol–water partition coefficient (Wildman–Crippen LogP) is 0.310. The Morgan fingerprint density at radius 2 is 2.09 bits per heavy atom. The van der Waals surface area contributed by atoms with Crippen LogP contribution in [0.5, 0.6) is 11.5 Å². The molecule has 2 rings (SSSR count). The van der Waals surface area contributed by atoms with Gasteiger partial charge >= 0.3 is 5.97 Å². The van der Waals surface area contributed by atoms with E-state index in [2.05, 4.69) is 15.6 Å². The van der Waals surface area contributed by atoms with E-state index in [0.717, 1.165) is 10.2 Å². The van der Waals surface area contributed by atoms with E-state index in [1.165, 1.54) is 13.3 Å². The maximum atomic E-state index is 11.9. The highest BCUT2D eigenvalue weighted by Gasteiger charge is 2.11. The van der Waals surface area contributed by atoms with Crippen molar-refractivity contribution in [2.75, 3.05) is 14.2 Å². The van der Waals surface area contributed by atoms with Gasteiger partial charge in [-0.1, -0.05) is 5.21 Å². The highest BCUT2D eigenvalue weighted by atomic mass is 16.5. The number of carbonyl (C=O) groups is 2. The van der Waals surface area contributed by atoms with Gasteiger partial charge in [-0.15, -0.1) is 5.10 Å². The SMILES string of the molecule is COc1ccc(OC)c(CNC(=O)Cn2cc(C(=O)O)nn2)c1. The Kier molecular flexibility index (Phi) is 5.13. The molecule has 122 valence electrons. The number of hydrogen-bond acceptors (Lipinski definition) is 6. The fourth-order valence-corrected chi connectivity index (χ4v) is 1.89. The number of methoxy groups -OCH3 is 2. The van der Waals surface area contributed by atoms with Crippen molar-refractivity contribution in [1.29, 1.82) is 0 Å². The molecule has 23 heavy (non-hydrogen) atoms. The number of aromatic carboxylic acids is 1. The van der Waals surface area contributed by atoms with Gasteiger partial charge in [-0.3, -0.25) is 4.79 Å². The third-order valence-corrected chi connectivity index (χ3v) is 3.03. The number of amides is 1. The number of benzene rings is 1. The largest absolute Gasteiger partial charge is 0.497 e. The van der Waals surface area contributed by atoms with E-state index in [0.29, 0.717) is 11.5 Å². The smallest absolute Gasteiger partial charge is 0.358 e. The number of carbonyl (C=O) groups excluding carboxylic acids is 1. The molecular weight excluding hydrogens is 304 g/mol. The molecule has 1 heterocycles. The van der Waals surface area contributed by atoms with Crippen LogP contribution in [0.3, 0.4) is 0 Å². The van der Waals surface area contributed by atoms with Crippen molar-refractivity contribution < 1.29 is 24.2 Å². The summed E-state index contributed by atoms with van der Waals surface area (Å²) in [6, 6.07) is 5.26. The van der Waals surface area contributed by atoms with Crippen LogP contribution in [0.15, 0.2) is 24.4 Å². The summed E-state index contributed by atoms with van der Waals surface area (Å²) in [6.45, 7) is 0.103. The summed E-state index contributed by atoms with van der Waals surface area (Å²) < 4.78 is 11.5. The number of hydrogen-bond donors (Lipinski definition) is 2. The molecule has 0 bridgehead atoms. The molecule has 0 aliphatic heterocycles. The molecular formula is C14H16N4O5. The van der Waals surface area contributed by atoms with E-state index < -0.39 is 5.97 Å². The molecule has 9 nitrogen and oxygen atoms in total. The third-order valence-electron chi connectivity index (χ3n) is 3.03. The molecule has 2 N–H and O–H groups in total. The van der Waals surface area contributed by atoms with Crippen molar-refractivity contribution in [2.24, 2.45) is 0 Å².